The van der Waals surface area contributed by atoms with Crippen LogP contribution >= 0.6 is 0 Å². The molecule has 3 N–H and O–H groups in total. The molecule has 18 heavy (non-hydrogen) atoms. The van der Waals surface area contributed by atoms with Crippen molar-refractivity contribution in [2.45, 2.75) is 0 Å². The molecule has 1 aromatic heterocycles. The number of anilines is 1. The second-order valence-corrected chi connectivity index (χ2v) is 4.43. The fourth-order valence-electron chi connectivity index (χ4n) is 2.13. The lowest BCUT2D eigenvalue weighted by atomic mass is 10.3. The van der Waals surface area contributed by atoms with E-state index in [9.17, 15) is 4.79 Å². The largest absolute Gasteiger partial charge is 0.417 e. The number of hydrogen-bond donors (Lipinski definition) is 3. The first-order chi connectivity index (χ1) is 8.81. The zero-order chi connectivity index (χ0) is 12.4. The first-order valence-electron chi connectivity index (χ1n) is 6.11. The number of oxazole rings is 1. The number of nitrogens with zero attached hydrogens (tertiary/aromatic N) is 1. The maximum atomic E-state index is 11.0. The van der Waals surface area contributed by atoms with Crippen LogP contribution in [0.2, 0.25) is 0 Å². The fraction of sp³-hybridized carbons (Fsp3) is 0.417. The average Bonchev–Trinajstić information content (AvgIpc) is 2.77. The normalized spacial score (nSPS) is 17.1. The van der Waals surface area contributed by atoms with Crippen molar-refractivity contribution in [3.8, 4) is 0 Å². The van der Waals surface area contributed by atoms with E-state index in [2.05, 4.69) is 20.5 Å². The van der Waals surface area contributed by atoms with Crippen LogP contribution in [0.15, 0.2) is 27.4 Å². The molecule has 2 aromatic rings. The van der Waals surface area contributed by atoms with Gasteiger partial charge in [-0.05, 0) is 18.2 Å². The lowest BCUT2D eigenvalue weighted by molar-refractivity contribution is 0.256. The zero-order valence-corrected chi connectivity index (χ0v) is 10.0. The van der Waals surface area contributed by atoms with Crippen LogP contribution in [-0.4, -0.2) is 42.7 Å². The Hall–Kier alpha value is -1.79. The summed E-state index contributed by atoms with van der Waals surface area (Å²) in [5, 5.41) is 6.67. The molecule has 2 heterocycles. The van der Waals surface area contributed by atoms with Crippen molar-refractivity contribution < 1.29 is 4.42 Å². The Morgan fingerprint density at radius 1 is 1.33 bits per heavy atom. The summed E-state index contributed by atoms with van der Waals surface area (Å²) in [7, 11) is 0. The molecule has 6 nitrogen and oxygen atoms in total. The minimum Gasteiger partial charge on any atom is -0.408 e. The van der Waals surface area contributed by atoms with Crippen LogP contribution in [0.5, 0.6) is 0 Å². The van der Waals surface area contributed by atoms with Gasteiger partial charge < -0.3 is 15.1 Å². The van der Waals surface area contributed by atoms with Gasteiger partial charge in [0.15, 0.2) is 5.58 Å². The van der Waals surface area contributed by atoms with E-state index in [1.807, 2.05) is 12.1 Å². The second kappa shape index (κ2) is 4.83. The van der Waals surface area contributed by atoms with Gasteiger partial charge in [-0.3, -0.25) is 9.88 Å². The number of aromatic nitrogens is 1. The lowest BCUT2D eigenvalue weighted by Gasteiger charge is -2.27. The van der Waals surface area contributed by atoms with E-state index in [1.54, 1.807) is 6.07 Å². The predicted molar refractivity (Wildman–Crippen MR) is 69.8 cm³/mol. The quantitative estimate of drug-likeness (QED) is 0.733. The first-order valence-corrected chi connectivity index (χ1v) is 6.11. The Morgan fingerprint density at radius 3 is 3.00 bits per heavy atom. The van der Waals surface area contributed by atoms with Crippen molar-refractivity contribution >= 4 is 16.8 Å². The highest BCUT2D eigenvalue weighted by Gasteiger charge is 2.08. The molecular formula is C12H16N4O2. The minimum atomic E-state index is -0.413. The molecule has 0 bridgehead atoms. The van der Waals surface area contributed by atoms with Crippen LogP contribution in [0.1, 0.15) is 0 Å². The number of fused-ring (bicyclic) bond motifs is 1. The maximum Gasteiger partial charge on any atom is 0.417 e. The number of aromatic amines is 1. The number of rotatable bonds is 3. The van der Waals surface area contributed by atoms with Gasteiger partial charge in [-0.25, -0.2) is 4.79 Å². The molecule has 1 aliphatic heterocycles. The fourth-order valence-corrected chi connectivity index (χ4v) is 2.13. The Bertz CT molecular complexity index is 583. The molecule has 0 atom stereocenters. The molecule has 1 aliphatic rings. The molecule has 1 saturated heterocycles. The van der Waals surface area contributed by atoms with Crippen LogP contribution in [0.25, 0.3) is 11.1 Å². The van der Waals surface area contributed by atoms with Crippen LogP contribution in [0.4, 0.5) is 5.69 Å². The van der Waals surface area contributed by atoms with Crippen LogP contribution in [0, 0.1) is 0 Å². The van der Waals surface area contributed by atoms with Crippen molar-refractivity contribution in [3.63, 3.8) is 0 Å². The topological polar surface area (TPSA) is 73.3 Å². The Balaban J connectivity index is 1.68. The van der Waals surface area contributed by atoms with Crippen LogP contribution in [-0.2, 0) is 0 Å². The van der Waals surface area contributed by atoms with E-state index in [4.69, 9.17) is 4.42 Å². The van der Waals surface area contributed by atoms with Gasteiger partial charge in [0.1, 0.15) is 0 Å². The molecule has 3 rings (SSSR count). The standard InChI is InChI=1S/C12H16N4O2/c17-12-15-10-7-9(1-2-11(10)18-12)14-8-16-5-3-13-4-6-16/h1-2,7,13-14H,3-6,8H2,(H,15,17). The van der Waals surface area contributed by atoms with E-state index in [-0.39, 0.29) is 0 Å². The molecule has 1 fully saturated rings. The zero-order valence-electron chi connectivity index (χ0n) is 10.0. The van der Waals surface area contributed by atoms with Crippen LogP contribution < -0.4 is 16.4 Å². The number of piperazine rings is 1. The molecule has 0 saturated carbocycles. The van der Waals surface area contributed by atoms with Crippen molar-refractivity contribution in [2.24, 2.45) is 0 Å². The Labute approximate surface area is 104 Å². The molecule has 0 amide bonds. The summed E-state index contributed by atoms with van der Waals surface area (Å²) in [5.74, 6) is -0.413. The average molecular weight is 248 g/mol. The van der Waals surface area contributed by atoms with Crippen molar-refractivity contribution in [1.29, 1.82) is 0 Å². The third-order valence-electron chi connectivity index (χ3n) is 3.14. The molecule has 6 heteroatoms. The van der Waals surface area contributed by atoms with Gasteiger partial charge in [0.2, 0.25) is 0 Å². The molecule has 0 unspecified atom stereocenters. The smallest absolute Gasteiger partial charge is 0.408 e. The summed E-state index contributed by atoms with van der Waals surface area (Å²) in [4.78, 5) is 16.0. The van der Waals surface area contributed by atoms with Crippen LogP contribution in [0.3, 0.4) is 0 Å². The van der Waals surface area contributed by atoms with E-state index in [0.29, 0.717) is 5.58 Å². The summed E-state index contributed by atoms with van der Waals surface area (Å²) >= 11 is 0. The summed E-state index contributed by atoms with van der Waals surface area (Å²) in [6.07, 6.45) is 0. The number of hydrogen-bond acceptors (Lipinski definition) is 5. The highest BCUT2D eigenvalue weighted by atomic mass is 16.4. The van der Waals surface area contributed by atoms with Crippen molar-refractivity contribution in [1.82, 2.24) is 15.2 Å². The third kappa shape index (κ3) is 2.39. The summed E-state index contributed by atoms with van der Waals surface area (Å²) in [5.41, 5.74) is 2.30. The molecule has 96 valence electrons. The van der Waals surface area contributed by atoms with Crippen molar-refractivity contribution in [3.05, 3.63) is 28.7 Å². The van der Waals surface area contributed by atoms with E-state index in [0.717, 1.165) is 44.1 Å². The molecule has 0 aliphatic carbocycles. The molecular weight excluding hydrogens is 232 g/mol. The Kier molecular flexibility index (Phi) is 3.04. The predicted octanol–water partition coefficient (Wildman–Crippen LogP) is 0.396. The Morgan fingerprint density at radius 2 is 2.17 bits per heavy atom. The summed E-state index contributed by atoms with van der Waals surface area (Å²) < 4.78 is 4.96. The third-order valence-corrected chi connectivity index (χ3v) is 3.14. The molecule has 1 aromatic carbocycles. The van der Waals surface area contributed by atoms with Gasteiger partial charge in [0.25, 0.3) is 0 Å². The van der Waals surface area contributed by atoms with Gasteiger partial charge in [-0.1, -0.05) is 0 Å². The highest BCUT2D eigenvalue weighted by Crippen LogP contribution is 2.15. The van der Waals surface area contributed by atoms with E-state index < -0.39 is 5.76 Å². The van der Waals surface area contributed by atoms with Gasteiger partial charge in [0, 0.05) is 31.9 Å². The van der Waals surface area contributed by atoms with Crippen molar-refractivity contribution in [2.75, 3.05) is 38.2 Å². The SMILES string of the molecule is O=c1[nH]c2cc(NCN3CCNCC3)ccc2o1. The second-order valence-electron chi connectivity index (χ2n) is 4.43. The maximum absolute atomic E-state index is 11.0. The summed E-state index contributed by atoms with van der Waals surface area (Å²) in [6.45, 7) is 5.00. The first kappa shape index (κ1) is 11.3. The number of H-pyrrole nitrogens is 1. The number of benzene rings is 1. The monoisotopic (exact) mass is 248 g/mol. The minimum absolute atomic E-state index is 0.413. The van der Waals surface area contributed by atoms with Gasteiger partial charge in [0.05, 0.1) is 12.2 Å². The molecule has 0 radical (unpaired) electrons. The highest BCUT2D eigenvalue weighted by molar-refractivity contribution is 5.76. The molecule has 0 spiro atoms. The number of nitrogens with one attached hydrogen (secondary N) is 3. The summed E-state index contributed by atoms with van der Waals surface area (Å²) in [6, 6.07) is 5.61. The van der Waals surface area contributed by atoms with Gasteiger partial charge in [-0.2, -0.15) is 0 Å². The van der Waals surface area contributed by atoms with Gasteiger partial charge >= 0.3 is 5.76 Å². The lowest BCUT2D eigenvalue weighted by Crippen LogP contribution is -2.45. The van der Waals surface area contributed by atoms with Gasteiger partial charge in [-0.15, -0.1) is 0 Å². The van der Waals surface area contributed by atoms with E-state index in [1.165, 1.54) is 0 Å². The van der Waals surface area contributed by atoms with E-state index >= 15 is 0 Å².